The number of hydrogen-bond acceptors (Lipinski definition) is 4. The van der Waals surface area contributed by atoms with E-state index in [4.69, 9.17) is 4.74 Å². The van der Waals surface area contributed by atoms with E-state index >= 15 is 0 Å². The van der Waals surface area contributed by atoms with Crippen LogP contribution in [0.2, 0.25) is 0 Å². The Bertz CT molecular complexity index is 465. The zero-order valence-corrected chi connectivity index (χ0v) is 23.3. The van der Waals surface area contributed by atoms with Crippen LogP contribution in [0, 0.1) is 0 Å². The van der Waals surface area contributed by atoms with Gasteiger partial charge in [-0.3, -0.25) is 4.79 Å². The molecule has 0 heterocycles. The van der Waals surface area contributed by atoms with Crippen molar-refractivity contribution in [2.45, 2.75) is 103 Å². The van der Waals surface area contributed by atoms with Gasteiger partial charge in [-0.05, 0) is 6.42 Å². The number of likely N-dealkylation sites (N-methyl/N-ethyl adjacent to an activating group) is 1. The fraction of sp³-hybridized carbons (Fsp3) is 0.964. The fourth-order valence-corrected chi connectivity index (χ4v) is 4.54. The molecule has 34 heavy (non-hydrogen) atoms. The van der Waals surface area contributed by atoms with Crippen LogP contribution >= 0.6 is 0 Å². The number of ether oxygens (including phenoxy) is 1. The topological polar surface area (TPSA) is 72.4 Å². The van der Waals surface area contributed by atoms with Gasteiger partial charge in [0.15, 0.2) is 0 Å². The van der Waals surface area contributed by atoms with Crippen LogP contribution in [0.3, 0.4) is 0 Å². The summed E-state index contributed by atoms with van der Waals surface area (Å²) in [6, 6.07) is 0. The van der Waals surface area contributed by atoms with Crippen LogP contribution in [-0.2, 0) is 9.53 Å². The summed E-state index contributed by atoms with van der Waals surface area (Å²) < 4.78 is 6.75. The van der Waals surface area contributed by atoms with Gasteiger partial charge in [0, 0.05) is 6.42 Å². The quantitative estimate of drug-likeness (QED) is 0.112. The van der Waals surface area contributed by atoms with Crippen molar-refractivity contribution in [2.75, 3.05) is 73.7 Å². The van der Waals surface area contributed by atoms with Gasteiger partial charge in [0.2, 0.25) is 0 Å². The molecule has 6 nitrogen and oxygen atoms in total. The predicted octanol–water partition coefficient (Wildman–Crippen LogP) is 3.64. The lowest BCUT2D eigenvalue weighted by atomic mass is 10.0. The van der Waals surface area contributed by atoms with E-state index in [1.807, 2.05) is 7.05 Å². The van der Waals surface area contributed by atoms with Gasteiger partial charge in [-0.1, -0.05) is 97.2 Å². The maximum atomic E-state index is 12.1. The summed E-state index contributed by atoms with van der Waals surface area (Å²) >= 11 is 0. The van der Waals surface area contributed by atoms with Crippen molar-refractivity contribution in [1.82, 2.24) is 0 Å². The Morgan fingerprint density at radius 3 is 1.56 bits per heavy atom. The SMILES string of the molecule is CCCCCCCCCCCCCCCOC(=O)CC[N+](C)(C)CCC[N+](C)(CC[O-])CC[O-]. The van der Waals surface area contributed by atoms with Crippen LogP contribution in [0.25, 0.3) is 0 Å². The second-order valence-electron chi connectivity index (χ2n) is 11.1. The van der Waals surface area contributed by atoms with Crippen molar-refractivity contribution in [3.63, 3.8) is 0 Å². The number of nitrogens with zero attached hydrogens (tertiary/aromatic N) is 2. The molecule has 0 saturated carbocycles. The normalized spacial score (nSPS) is 12.3. The largest absolute Gasteiger partial charge is 0.850 e. The van der Waals surface area contributed by atoms with Gasteiger partial charge in [0.05, 0.1) is 66.9 Å². The smallest absolute Gasteiger partial charge is 0.311 e. The monoisotopic (exact) mass is 486 g/mol. The van der Waals surface area contributed by atoms with E-state index in [-0.39, 0.29) is 19.2 Å². The molecule has 0 aliphatic rings. The van der Waals surface area contributed by atoms with E-state index in [1.165, 1.54) is 70.6 Å². The van der Waals surface area contributed by atoms with Crippen molar-refractivity contribution >= 4 is 5.97 Å². The Balaban J connectivity index is 3.66. The standard InChI is InChI=1S/C28H58N2O4/c1-5-6-7-8-9-10-11-12-13-14-15-16-17-27-34-28(33)19-22-29(2,3)20-18-21-30(4,23-25-31)24-26-32/h5-27H2,1-4H3. The summed E-state index contributed by atoms with van der Waals surface area (Å²) in [5.74, 6) is -0.0940. The second-order valence-corrected chi connectivity index (χ2v) is 11.1. The highest BCUT2D eigenvalue weighted by Gasteiger charge is 2.22. The lowest BCUT2D eigenvalue weighted by Gasteiger charge is -2.38. The minimum Gasteiger partial charge on any atom is -0.850 e. The van der Waals surface area contributed by atoms with Crippen molar-refractivity contribution < 1.29 is 28.7 Å². The van der Waals surface area contributed by atoms with Gasteiger partial charge < -0.3 is 23.9 Å². The summed E-state index contributed by atoms with van der Waals surface area (Å²) in [6.45, 7) is 6.09. The number of hydrogen-bond donors (Lipinski definition) is 0. The molecule has 0 aromatic heterocycles. The third kappa shape index (κ3) is 20.7. The fourth-order valence-electron chi connectivity index (χ4n) is 4.54. The van der Waals surface area contributed by atoms with Gasteiger partial charge >= 0.3 is 5.97 Å². The molecule has 0 rings (SSSR count). The molecule has 0 amide bonds. The highest BCUT2D eigenvalue weighted by Crippen LogP contribution is 2.13. The molecule has 0 radical (unpaired) electrons. The molecule has 0 spiro atoms. The average Bonchev–Trinajstić information content (AvgIpc) is 2.78. The minimum absolute atomic E-state index is 0.0940. The number of esters is 1. The third-order valence-electron chi connectivity index (χ3n) is 7.16. The van der Waals surface area contributed by atoms with Crippen LogP contribution in [0.1, 0.15) is 103 Å². The molecule has 0 bridgehead atoms. The lowest BCUT2D eigenvalue weighted by Crippen LogP contribution is -2.53. The maximum Gasteiger partial charge on any atom is 0.311 e. The number of rotatable bonds is 25. The summed E-state index contributed by atoms with van der Waals surface area (Å²) in [6.07, 6.45) is 18.5. The summed E-state index contributed by atoms with van der Waals surface area (Å²) in [5, 5.41) is 22.1. The summed E-state index contributed by atoms with van der Waals surface area (Å²) in [7, 11) is 6.26. The molecular weight excluding hydrogens is 428 g/mol. The highest BCUT2D eigenvalue weighted by molar-refractivity contribution is 5.69. The van der Waals surface area contributed by atoms with Crippen LogP contribution in [0.5, 0.6) is 0 Å². The lowest BCUT2D eigenvalue weighted by molar-refractivity contribution is -0.927. The second kappa shape index (κ2) is 21.6. The molecule has 204 valence electrons. The number of carbonyl (C=O) groups is 1. The maximum absolute atomic E-state index is 12.1. The number of unbranched alkanes of at least 4 members (excludes halogenated alkanes) is 12. The first kappa shape index (κ1) is 33.3. The average molecular weight is 487 g/mol. The van der Waals surface area contributed by atoms with Crippen LogP contribution in [0.4, 0.5) is 0 Å². The highest BCUT2D eigenvalue weighted by atomic mass is 16.5. The summed E-state index contributed by atoms with van der Waals surface area (Å²) in [4.78, 5) is 12.1. The van der Waals surface area contributed by atoms with Crippen LogP contribution < -0.4 is 10.2 Å². The van der Waals surface area contributed by atoms with Gasteiger partial charge in [-0.2, -0.15) is 0 Å². The zero-order chi connectivity index (χ0) is 25.5. The van der Waals surface area contributed by atoms with E-state index in [9.17, 15) is 15.0 Å². The first-order chi connectivity index (χ1) is 16.3. The molecule has 0 aliphatic carbocycles. The van der Waals surface area contributed by atoms with Gasteiger partial charge in [0.25, 0.3) is 0 Å². The molecule has 0 aliphatic heterocycles. The Kier molecular flexibility index (Phi) is 21.1. The van der Waals surface area contributed by atoms with E-state index in [0.717, 1.165) is 43.4 Å². The third-order valence-corrected chi connectivity index (χ3v) is 7.16. The molecule has 0 aromatic carbocycles. The number of carbonyl (C=O) groups excluding carboxylic acids is 1. The molecular formula is C28H58N2O4. The number of quaternary nitrogens is 2. The van der Waals surface area contributed by atoms with Crippen molar-refractivity contribution in [3.05, 3.63) is 0 Å². The van der Waals surface area contributed by atoms with Gasteiger partial charge in [0.1, 0.15) is 0 Å². The Hall–Kier alpha value is -0.690. The molecule has 0 aromatic rings. The molecule has 0 atom stereocenters. The molecule has 6 heteroatoms. The Labute approximate surface area is 211 Å². The van der Waals surface area contributed by atoms with Crippen molar-refractivity contribution in [2.24, 2.45) is 0 Å². The van der Waals surface area contributed by atoms with Gasteiger partial charge in [-0.25, -0.2) is 0 Å². The molecule has 0 fully saturated rings. The molecule has 0 unspecified atom stereocenters. The van der Waals surface area contributed by atoms with E-state index in [2.05, 4.69) is 21.0 Å². The van der Waals surface area contributed by atoms with E-state index < -0.39 is 0 Å². The van der Waals surface area contributed by atoms with Crippen molar-refractivity contribution in [3.8, 4) is 0 Å². The van der Waals surface area contributed by atoms with E-state index in [1.54, 1.807) is 0 Å². The van der Waals surface area contributed by atoms with Gasteiger partial charge in [-0.15, -0.1) is 0 Å². The predicted molar refractivity (Wildman–Crippen MR) is 138 cm³/mol. The minimum atomic E-state index is -0.139. The first-order valence-corrected chi connectivity index (χ1v) is 14.3. The summed E-state index contributed by atoms with van der Waals surface area (Å²) in [5.41, 5.74) is 0. The Morgan fingerprint density at radius 2 is 1.09 bits per heavy atom. The van der Waals surface area contributed by atoms with E-state index in [0.29, 0.717) is 30.6 Å². The Morgan fingerprint density at radius 1 is 0.618 bits per heavy atom. The van der Waals surface area contributed by atoms with Crippen LogP contribution in [0.15, 0.2) is 0 Å². The van der Waals surface area contributed by atoms with Crippen molar-refractivity contribution in [1.29, 1.82) is 0 Å². The zero-order valence-electron chi connectivity index (χ0n) is 23.3. The van der Waals surface area contributed by atoms with Crippen LogP contribution in [-0.4, -0.2) is 88.6 Å². The molecule has 0 N–H and O–H groups in total. The first-order valence-electron chi connectivity index (χ1n) is 14.3. The molecule has 0 saturated heterocycles.